The van der Waals surface area contributed by atoms with Gasteiger partial charge in [-0.1, -0.05) is 91.0 Å². The predicted molar refractivity (Wildman–Crippen MR) is 174 cm³/mol. The van der Waals surface area contributed by atoms with E-state index in [4.69, 9.17) is 14.2 Å². The van der Waals surface area contributed by atoms with Crippen LogP contribution in [-0.2, 0) is 19.6 Å². The second kappa shape index (κ2) is 14.2. The Kier molecular flexibility index (Phi) is 9.27. The summed E-state index contributed by atoms with van der Waals surface area (Å²) >= 11 is 0. The van der Waals surface area contributed by atoms with E-state index in [-0.39, 0.29) is 18.2 Å². The SMILES string of the molecule is O=C(c1ccc(Oc2ccccc2)cc1)c1cc(Cc2ccc(F)cc2)cc(OCc2ccccc2)c1OCc1ccccc1. The molecule has 0 spiro atoms. The van der Waals surface area contributed by atoms with Crippen LogP contribution in [0.3, 0.4) is 0 Å². The van der Waals surface area contributed by atoms with E-state index in [0.29, 0.717) is 47.2 Å². The number of para-hydroxylation sites is 1. The number of ether oxygens (including phenoxy) is 3. The molecule has 0 fully saturated rings. The average Bonchev–Trinajstić information content (AvgIpc) is 3.09. The lowest BCUT2D eigenvalue weighted by molar-refractivity contribution is 0.103. The number of hydrogen-bond acceptors (Lipinski definition) is 4. The topological polar surface area (TPSA) is 44.8 Å². The maximum atomic E-state index is 14.2. The highest BCUT2D eigenvalue weighted by molar-refractivity contribution is 6.11. The lowest BCUT2D eigenvalue weighted by atomic mass is 9.96. The second-order valence-electron chi connectivity index (χ2n) is 10.6. The first kappa shape index (κ1) is 29.4. The van der Waals surface area contributed by atoms with Gasteiger partial charge in [0.15, 0.2) is 17.3 Å². The minimum Gasteiger partial charge on any atom is -0.485 e. The highest BCUT2D eigenvalue weighted by Gasteiger charge is 2.22. The molecule has 0 bridgehead atoms. The molecule has 0 saturated carbocycles. The van der Waals surface area contributed by atoms with Crippen LogP contribution in [0, 0.1) is 5.82 Å². The first-order valence-corrected chi connectivity index (χ1v) is 14.7. The van der Waals surface area contributed by atoms with E-state index in [1.165, 1.54) is 12.1 Å². The summed E-state index contributed by atoms with van der Waals surface area (Å²) in [4.78, 5) is 14.2. The largest absolute Gasteiger partial charge is 0.485 e. The number of hydrogen-bond donors (Lipinski definition) is 0. The van der Waals surface area contributed by atoms with E-state index in [1.807, 2.05) is 103 Å². The van der Waals surface area contributed by atoms with Gasteiger partial charge in [-0.2, -0.15) is 0 Å². The van der Waals surface area contributed by atoms with Crippen molar-refractivity contribution < 1.29 is 23.4 Å². The Morgan fingerprint density at radius 2 is 1.09 bits per heavy atom. The highest BCUT2D eigenvalue weighted by Crippen LogP contribution is 2.37. The molecule has 6 aromatic carbocycles. The van der Waals surface area contributed by atoms with Gasteiger partial charge in [-0.15, -0.1) is 0 Å². The van der Waals surface area contributed by atoms with E-state index in [0.717, 1.165) is 22.3 Å². The van der Waals surface area contributed by atoms with E-state index in [1.54, 1.807) is 36.4 Å². The fourth-order valence-corrected chi connectivity index (χ4v) is 4.94. The van der Waals surface area contributed by atoms with Crippen molar-refractivity contribution in [1.82, 2.24) is 0 Å². The number of ketones is 1. The minimum atomic E-state index is -0.300. The highest BCUT2D eigenvalue weighted by atomic mass is 19.1. The molecule has 6 aromatic rings. The quantitative estimate of drug-likeness (QED) is 0.132. The third-order valence-electron chi connectivity index (χ3n) is 7.24. The van der Waals surface area contributed by atoms with Crippen LogP contribution in [0.4, 0.5) is 4.39 Å². The van der Waals surface area contributed by atoms with Crippen LogP contribution in [0.5, 0.6) is 23.0 Å². The molecule has 0 unspecified atom stereocenters. The third-order valence-corrected chi connectivity index (χ3v) is 7.24. The van der Waals surface area contributed by atoms with Crippen molar-refractivity contribution in [1.29, 1.82) is 0 Å². The first-order valence-electron chi connectivity index (χ1n) is 14.7. The van der Waals surface area contributed by atoms with Crippen LogP contribution in [0.15, 0.2) is 152 Å². The second-order valence-corrected chi connectivity index (χ2v) is 10.6. The van der Waals surface area contributed by atoms with Crippen LogP contribution in [0.2, 0.25) is 0 Å². The molecule has 5 heteroatoms. The molecule has 0 amide bonds. The normalized spacial score (nSPS) is 10.7. The Morgan fingerprint density at radius 3 is 1.71 bits per heavy atom. The minimum absolute atomic E-state index is 0.213. The van der Waals surface area contributed by atoms with Gasteiger partial charge in [0.25, 0.3) is 0 Å². The molecule has 0 aromatic heterocycles. The van der Waals surface area contributed by atoms with Crippen molar-refractivity contribution in [2.75, 3.05) is 0 Å². The third kappa shape index (κ3) is 7.84. The molecule has 222 valence electrons. The van der Waals surface area contributed by atoms with Gasteiger partial charge in [-0.05, 0) is 89.3 Å². The Bertz CT molecular complexity index is 1840. The summed E-state index contributed by atoms with van der Waals surface area (Å²) in [5.41, 5.74) is 4.55. The Balaban J connectivity index is 1.37. The molecule has 0 atom stereocenters. The molecule has 0 radical (unpaired) electrons. The van der Waals surface area contributed by atoms with Gasteiger partial charge in [0, 0.05) is 5.56 Å². The summed E-state index contributed by atoms with van der Waals surface area (Å²) < 4.78 is 32.3. The van der Waals surface area contributed by atoms with Crippen LogP contribution in [-0.4, -0.2) is 5.78 Å². The average molecular weight is 595 g/mol. The first-order chi connectivity index (χ1) is 22.1. The smallest absolute Gasteiger partial charge is 0.196 e. The molecule has 0 aliphatic rings. The van der Waals surface area contributed by atoms with Crippen molar-refractivity contribution >= 4 is 5.78 Å². The summed E-state index contributed by atoms with van der Waals surface area (Å²) in [5, 5.41) is 0. The maximum absolute atomic E-state index is 14.2. The molecular formula is C40H31FO4. The molecule has 4 nitrogen and oxygen atoms in total. The van der Waals surface area contributed by atoms with Gasteiger partial charge in [0.2, 0.25) is 0 Å². The molecule has 0 heterocycles. The van der Waals surface area contributed by atoms with Gasteiger partial charge >= 0.3 is 0 Å². The predicted octanol–water partition coefficient (Wildman–Crippen LogP) is 9.60. The van der Waals surface area contributed by atoms with Crippen LogP contribution >= 0.6 is 0 Å². The number of carbonyl (C=O) groups is 1. The number of carbonyl (C=O) groups excluding carboxylic acids is 1. The lowest BCUT2D eigenvalue weighted by Crippen LogP contribution is -2.09. The van der Waals surface area contributed by atoms with Crippen molar-refractivity contribution in [3.8, 4) is 23.0 Å². The standard InChI is InChI=1S/C40H31FO4/c41-34-20-16-29(17-21-34)24-32-25-37(39(42)33-18-22-36(23-19-33)45-35-14-8-3-9-15-35)40(44-28-31-12-6-2-7-13-31)38(26-32)43-27-30-10-4-1-5-11-30/h1-23,25-26H,24,27-28H2. The number of halogens is 1. The summed E-state index contributed by atoms with van der Waals surface area (Å²) in [6, 6.07) is 46.3. The van der Waals surface area contributed by atoms with Crippen LogP contribution < -0.4 is 14.2 Å². The zero-order valence-electron chi connectivity index (χ0n) is 24.6. The zero-order valence-corrected chi connectivity index (χ0v) is 24.6. The molecule has 0 aliphatic carbocycles. The fraction of sp³-hybridized carbons (Fsp3) is 0.0750. The summed E-state index contributed by atoms with van der Waals surface area (Å²) in [6.45, 7) is 0.547. The monoisotopic (exact) mass is 594 g/mol. The van der Waals surface area contributed by atoms with Crippen molar-refractivity contribution in [2.24, 2.45) is 0 Å². The summed E-state index contributed by atoms with van der Waals surface area (Å²) in [7, 11) is 0. The molecule has 0 N–H and O–H groups in total. The molecule has 0 aliphatic heterocycles. The Hall–Kier alpha value is -5.68. The van der Waals surface area contributed by atoms with Crippen molar-refractivity contribution in [2.45, 2.75) is 19.6 Å². The van der Waals surface area contributed by atoms with E-state index in [9.17, 15) is 9.18 Å². The number of benzene rings is 6. The summed E-state index contributed by atoms with van der Waals surface area (Å²) in [5.74, 6) is 1.65. The van der Waals surface area contributed by atoms with Gasteiger partial charge in [-0.3, -0.25) is 4.79 Å². The zero-order chi connectivity index (χ0) is 30.8. The lowest BCUT2D eigenvalue weighted by Gasteiger charge is -2.19. The van der Waals surface area contributed by atoms with Crippen molar-refractivity contribution in [3.05, 3.63) is 191 Å². The maximum Gasteiger partial charge on any atom is 0.196 e. The van der Waals surface area contributed by atoms with Gasteiger partial charge < -0.3 is 14.2 Å². The summed E-state index contributed by atoms with van der Waals surface area (Å²) in [6.07, 6.45) is 0.477. The van der Waals surface area contributed by atoms with E-state index in [2.05, 4.69) is 0 Å². The van der Waals surface area contributed by atoms with Gasteiger partial charge in [-0.25, -0.2) is 4.39 Å². The van der Waals surface area contributed by atoms with Gasteiger partial charge in [0.05, 0.1) is 5.56 Å². The number of rotatable bonds is 12. The van der Waals surface area contributed by atoms with Crippen molar-refractivity contribution in [3.63, 3.8) is 0 Å². The Labute approximate surface area is 262 Å². The van der Waals surface area contributed by atoms with E-state index >= 15 is 0 Å². The molecule has 6 rings (SSSR count). The Morgan fingerprint density at radius 1 is 0.533 bits per heavy atom. The van der Waals surface area contributed by atoms with Crippen LogP contribution in [0.25, 0.3) is 0 Å². The molecular weight excluding hydrogens is 563 g/mol. The molecule has 0 saturated heterocycles. The van der Waals surface area contributed by atoms with Gasteiger partial charge in [0.1, 0.15) is 30.5 Å². The van der Waals surface area contributed by atoms with Crippen LogP contribution in [0.1, 0.15) is 38.2 Å². The molecule has 45 heavy (non-hydrogen) atoms. The van der Waals surface area contributed by atoms with E-state index < -0.39 is 0 Å². The fourth-order valence-electron chi connectivity index (χ4n) is 4.94.